The number of aromatic nitrogens is 6. The minimum absolute atomic E-state index is 0. The maximum atomic E-state index is 10.0. The summed E-state index contributed by atoms with van der Waals surface area (Å²) in [5.41, 5.74) is 8.08. The van der Waals surface area contributed by atoms with Crippen LogP contribution in [0.2, 0.25) is 0 Å². The molecule has 0 radical (unpaired) electrons. The summed E-state index contributed by atoms with van der Waals surface area (Å²) in [6.45, 7) is 16.0. The molecule has 0 N–H and O–H groups in total. The molecular formula is C37H40IrN6O2+. The van der Waals surface area contributed by atoms with Crippen LogP contribution in [-0.4, -0.2) is 41.6 Å². The fraction of sp³-hybridized carbons (Fsp3) is 0.297. The van der Waals surface area contributed by atoms with E-state index in [1.807, 2.05) is 60.7 Å². The summed E-state index contributed by atoms with van der Waals surface area (Å²) < 4.78 is 0. The molecule has 0 aliphatic carbocycles. The Hall–Kier alpha value is -4.33. The summed E-state index contributed by atoms with van der Waals surface area (Å²) in [7, 11) is 0. The van der Waals surface area contributed by atoms with E-state index < -0.39 is 0 Å². The monoisotopic (exact) mass is 793 g/mol. The average Bonchev–Trinajstić information content (AvgIpc) is 3.61. The quantitative estimate of drug-likeness (QED) is 0.135. The third-order valence-electron chi connectivity index (χ3n) is 6.81. The van der Waals surface area contributed by atoms with Crippen molar-refractivity contribution >= 4 is 33.6 Å². The summed E-state index contributed by atoms with van der Waals surface area (Å²) in [6.07, 6.45) is 0.0833. The first kappa shape index (κ1) is 36.1. The molecule has 0 aliphatic rings. The van der Waals surface area contributed by atoms with Gasteiger partial charge in [0.15, 0.2) is 0 Å². The van der Waals surface area contributed by atoms with Gasteiger partial charge in [-0.25, -0.2) is 0 Å². The molecule has 8 nitrogen and oxygen atoms in total. The van der Waals surface area contributed by atoms with Crippen molar-refractivity contribution in [1.82, 2.24) is 30.0 Å². The Labute approximate surface area is 284 Å². The fourth-order valence-corrected chi connectivity index (χ4v) is 4.36. The Balaban J connectivity index is 0.000000205. The second-order valence-electron chi connectivity index (χ2n) is 13.0. The van der Waals surface area contributed by atoms with Crippen LogP contribution in [0.1, 0.15) is 72.9 Å². The SMILES string of the molecule is CC(=O)CC(C)=O.CC(C)(C)c1cc[c-]c(-n2nc3ccccc3n2)c1.CC(C)(C)c1cc[c-]c(-n2nc3ccccc3n2)c1.[Ir+3]. The molecule has 238 valence electrons. The van der Waals surface area contributed by atoms with Crippen LogP contribution in [0.4, 0.5) is 0 Å². The van der Waals surface area contributed by atoms with Crippen molar-refractivity contribution in [3.05, 3.63) is 108 Å². The molecule has 0 unspecified atom stereocenters. The molecule has 2 heterocycles. The second kappa shape index (κ2) is 15.3. The van der Waals surface area contributed by atoms with Crippen molar-refractivity contribution in [2.75, 3.05) is 0 Å². The molecule has 0 fully saturated rings. The molecular weight excluding hydrogens is 753 g/mol. The number of fused-ring (bicyclic) bond motifs is 2. The van der Waals surface area contributed by atoms with Gasteiger partial charge in [-0.3, -0.25) is 9.59 Å². The maximum absolute atomic E-state index is 10.0. The van der Waals surface area contributed by atoms with Crippen molar-refractivity contribution < 1.29 is 29.7 Å². The van der Waals surface area contributed by atoms with Crippen molar-refractivity contribution in [1.29, 1.82) is 0 Å². The Bertz CT molecular complexity index is 1720. The zero-order valence-electron chi connectivity index (χ0n) is 27.6. The van der Waals surface area contributed by atoms with Gasteiger partial charge in [0.25, 0.3) is 0 Å². The summed E-state index contributed by atoms with van der Waals surface area (Å²) in [5.74, 6) is -0.125. The molecule has 0 saturated carbocycles. The van der Waals surface area contributed by atoms with Crippen molar-refractivity contribution in [3.63, 3.8) is 0 Å². The summed E-state index contributed by atoms with van der Waals surface area (Å²) in [6, 6.07) is 34.4. The third kappa shape index (κ3) is 9.83. The van der Waals surface area contributed by atoms with Crippen molar-refractivity contribution in [2.45, 2.75) is 72.6 Å². The van der Waals surface area contributed by atoms with Crippen molar-refractivity contribution in [2.24, 2.45) is 0 Å². The molecule has 0 atom stereocenters. The Morgan fingerprint density at radius 3 is 1.13 bits per heavy atom. The normalized spacial score (nSPS) is 11.1. The Kier molecular flexibility index (Phi) is 12.0. The Morgan fingerprint density at radius 1 is 0.587 bits per heavy atom. The topological polar surface area (TPSA) is 95.6 Å². The van der Waals surface area contributed by atoms with Gasteiger partial charge < -0.3 is 0 Å². The van der Waals surface area contributed by atoms with Crippen molar-refractivity contribution in [3.8, 4) is 11.4 Å². The number of Topliss-reactive ketones (excluding diaryl/α,β-unsaturated/α-hetero) is 2. The Morgan fingerprint density at radius 2 is 0.891 bits per heavy atom. The first-order valence-corrected chi connectivity index (χ1v) is 14.9. The number of nitrogens with zero attached hydrogens (tertiary/aromatic N) is 6. The molecule has 4 aromatic carbocycles. The van der Waals surface area contributed by atoms with E-state index >= 15 is 0 Å². The molecule has 0 bridgehead atoms. The van der Waals surface area contributed by atoms with Crippen LogP contribution in [0.5, 0.6) is 0 Å². The van der Waals surface area contributed by atoms with Crippen LogP contribution in [0.25, 0.3) is 33.4 Å². The van der Waals surface area contributed by atoms with Gasteiger partial charge in [0.1, 0.15) is 33.6 Å². The predicted molar refractivity (Wildman–Crippen MR) is 179 cm³/mol. The smallest absolute Gasteiger partial charge is 0.300 e. The van der Waals surface area contributed by atoms with Gasteiger partial charge in [-0.05, 0) is 60.3 Å². The predicted octanol–water partition coefficient (Wildman–Crippen LogP) is 7.59. The van der Waals surface area contributed by atoms with E-state index in [-0.39, 0.29) is 48.9 Å². The summed E-state index contributed by atoms with van der Waals surface area (Å²) >= 11 is 0. The zero-order valence-corrected chi connectivity index (χ0v) is 30.0. The fourth-order valence-electron chi connectivity index (χ4n) is 4.36. The van der Waals surface area contributed by atoms with Gasteiger partial charge in [-0.15, -0.1) is 12.1 Å². The number of carbonyl (C=O) groups is 2. The molecule has 9 heteroatoms. The summed E-state index contributed by atoms with van der Waals surface area (Å²) in [5, 5.41) is 17.9. The minimum Gasteiger partial charge on any atom is -0.300 e. The number of benzene rings is 4. The van der Waals surface area contributed by atoms with Crippen LogP contribution in [0, 0.1) is 12.1 Å². The number of carbonyl (C=O) groups excluding carboxylic acids is 2. The molecule has 0 aliphatic heterocycles. The first-order chi connectivity index (χ1) is 21.2. The van der Waals surface area contributed by atoms with E-state index in [2.05, 4.69) is 98.3 Å². The second-order valence-corrected chi connectivity index (χ2v) is 13.0. The van der Waals surface area contributed by atoms with Gasteiger partial charge in [0.05, 0.1) is 6.42 Å². The minimum atomic E-state index is -0.0625. The largest absolute Gasteiger partial charge is 3.00 e. The summed E-state index contributed by atoms with van der Waals surface area (Å²) in [4.78, 5) is 23.4. The zero-order chi connectivity index (χ0) is 32.8. The van der Waals surface area contributed by atoms with E-state index in [4.69, 9.17) is 0 Å². The van der Waals surface area contributed by atoms with Crippen LogP contribution in [0.3, 0.4) is 0 Å². The number of hydrogen-bond donors (Lipinski definition) is 0. The molecule has 0 spiro atoms. The standard InChI is InChI=1S/2C16H16N3.C5H8O2.Ir/c2*1-16(2,3)12-7-6-8-13(11-12)19-17-14-9-4-5-10-15(14)18-19;1-4(6)3-5(2)7;/h2*4-7,9-11H,1-3H3;3H2,1-2H3;/q2*-1;;+3. The molecule has 0 saturated heterocycles. The molecule has 46 heavy (non-hydrogen) atoms. The van der Waals surface area contributed by atoms with Gasteiger partial charge in [0, 0.05) is 0 Å². The van der Waals surface area contributed by atoms with E-state index in [0.717, 1.165) is 33.4 Å². The molecule has 0 amide bonds. The van der Waals surface area contributed by atoms with Crippen LogP contribution in [0.15, 0.2) is 84.9 Å². The van der Waals surface area contributed by atoms with Gasteiger partial charge in [-0.1, -0.05) is 65.8 Å². The van der Waals surface area contributed by atoms with Crippen LogP contribution < -0.4 is 0 Å². The van der Waals surface area contributed by atoms with E-state index in [9.17, 15) is 9.59 Å². The molecule has 6 aromatic rings. The third-order valence-corrected chi connectivity index (χ3v) is 6.81. The van der Waals surface area contributed by atoms with Gasteiger partial charge in [0.2, 0.25) is 0 Å². The number of rotatable bonds is 4. The van der Waals surface area contributed by atoms with Crippen LogP contribution in [-0.2, 0) is 40.5 Å². The van der Waals surface area contributed by atoms with E-state index in [1.54, 1.807) is 9.59 Å². The van der Waals surface area contributed by atoms with E-state index in [0.29, 0.717) is 0 Å². The number of ketones is 2. The van der Waals surface area contributed by atoms with Gasteiger partial charge >= 0.3 is 20.1 Å². The van der Waals surface area contributed by atoms with E-state index in [1.165, 1.54) is 25.0 Å². The average molecular weight is 793 g/mol. The number of hydrogen-bond acceptors (Lipinski definition) is 6. The molecule has 2 aromatic heterocycles. The molecule has 6 rings (SSSR count). The van der Waals surface area contributed by atoms with Crippen LogP contribution >= 0.6 is 0 Å². The van der Waals surface area contributed by atoms with Gasteiger partial charge in [-0.2, -0.15) is 77.5 Å². The maximum Gasteiger partial charge on any atom is 3.00 e. The first-order valence-electron chi connectivity index (χ1n) is 14.9.